The second kappa shape index (κ2) is 7.60. The van der Waals surface area contributed by atoms with E-state index in [-0.39, 0.29) is 0 Å². The maximum Gasteiger partial charge on any atom is 0.141 e. The summed E-state index contributed by atoms with van der Waals surface area (Å²) in [4.78, 5) is 12.9. The lowest BCUT2D eigenvalue weighted by Crippen LogP contribution is -2.39. The molecule has 0 radical (unpaired) electrons. The van der Waals surface area contributed by atoms with Crippen LogP contribution in [0.3, 0.4) is 0 Å². The van der Waals surface area contributed by atoms with Crippen LogP contribution in [0, 0.1) is 11.8 Å². The molecule has 2 aromatic carbocycles. The Morgan fingerprint density at radius 1 is 0.828 bits per heavy atom. The van der Waals surface area contributed by atoms with Crippen LogP contribution in [0.5, 0.6) is 0 Å². The largest absolute Gasteiger partial charge is 0.355 e. The van der Waals surface area contributed by atoms with Gasteiger partial charge in [-0.1, -0.05) is 68.4 Å². The number of aromatic nitrogens is 2. The topological polar surface area (TPSA) is 29.0 Å². The molecule has 1 fully saturated rings. The maximum atomic E-state index is 4.74. The number of anilines is 1. The van der Waals surface area contributed by atoms with Crippen LogP contribution in [0.25, 0.3) is 32.5 Å². The van der Waals surface area contributed by atoms with Gasteiger partial charge < -0.3 is 4.90 Å². The Morgan fingerprint density at radius 2 is 1.48 bits per heavy atom. The van der Waals surface area contributed by atoms with Gasteiger partial charge in [0.1, 0.15) is 17.0 Å². The molecule has 3 nitrogen and oxygen atoms in total. The van der Waals surface area contributed by atoms with Crippen molar-refractivity contribution in [3.63, 3.8) is 0 Å². The molecule has 0 N–H and O–H groups in total. The highest BCUT2D eigenvalue weighted by Crippen LogP contribution is 2.39. The van der Waals surface area contributed by atoms with Crippen molar-refractivity contribution in [3.05, 3.63) is 66.3 Å². The van der Waals surface area contributed by atoms with Crippen molar-refractivity contribution >= 4 is 27.4 Å². The third kappa shape index (κ3) is 3.53. The molecule has 0 bridgehead atoms. The summed E-state index contributed by atoms with van der Waals surface area (Å²) in [6.45, 7) is 6.83. The lowest BCUT2D eigenvalue weighted by atomic mass is 9.91. The average Bonchev–Trinajstić information content (AvgIpc) is 3.18. The lowest BCUT2D eigenvalue weighted by molar-refractivity contribution is 0.356. The molecule has 2 unspecified atom stereocenters. The monoisotopic (exact) mass is 399 g/mol. The number of hydrogen-bond acceptors (Lipinski definition) is 4. The molecule has 1 aliphatic rings. The van der Waals surface area contributed by atoms with Crippen LogP contribution in [-0.2, 0) is 0 Å². The van der Waals surface area contributed by atoms with E-state index in [1.54, 1.807) is 17.7 Å². The number of rotatable bonds is 3. The molecule has 2 aromatic heterocycles. The molecule has 29 heavy (non-hydrogen) atoms. The van der Waals surface area contributed by atoms with E-state index in [1.165, 1.54) is 34.1 Å². The van der Waals surface area contributed by atoms with Crippen molar-refractivity contribution in [2.75, 3.05) is 18.0 Å². The summed E-state index contributed by atoms with van der Waals surface area (Å²) in [5.41, 5.74) is 4.95. The van der Waals surface area contributed by atoms with Crippen molar-refractivity contribution in [2.45, 2.75) is 20.3 Å². The van der Waals surface area contributed by atoms with Gasteiger partial charge in [-0.25, -0.2) is 9.97 Å². The Bertz CT molecular complexity index is 1110. The summed E-state index contributed by atoms with van der Waals surface area (Å²) < 4.78 is 0. The minimum atomic E-state index is 0.691. The number of nitrogens with zero attached hydrogens (tertiary/aromatic N) is 3. The van der Waals surface area contributed by atoms with E-state index in [0.717, 1.165) is 23.7 Å². The van der Waals surface area contributed by atoms with Crippen molar-refractivity contribution in [1.82, 2.24) is 9.97 Å². The summed E-state index contributed by atoms with van der Waals surface area (Å²) in [6.07, 6.45) is 3.02. The van der Waals surface area contributed by atoms with Gasteiger partial charge in [-0.3, -0.25) is 0 Å². The van der Waals surface area contributed by atoms with E-state index < -0.39 is 0 Å². The summed E-state index contributed by atoms with van der Waals surface area (Å²) in [5.74, 6) is 2.48. The van der Waals surface area contributed by atoms with Gasteiger partial charge in [-0.2, -0.15) is 0 Å². The maximum absolute atomic E-state index is 4.74. The molecule has 0 spiro atoms. The van der Waals surface area contributed by atoms with Gasteiger partial charge in [-0.15, -0.1) is 11.3 Å². The molecule has 1 saturated heterocycles. The van der Waals surface area contributed by atoms with E-state index in [0.29, 0.717) is 11.8 Å². The zero-order valence-corrected chi connectivity index (χ0v) is 17.7. The number of fused-ring (bicyclic) bond motifs is 1. The Labute approximate surface area is 176 Å². The van der Waals surface area contributed by atoms with Gasteiger partial charge in [-0.05, 0) is 34.9 Å². The first-order valence-electron chi connectivity index (χ1n) is 10.3. The Kier molecular flexibility index (Phi) is 4.80. The first kappa shape index (κ1) is 18.3. The summed E-state index contributed by atoms with van der Waals surface area (Å²) >= 11 is 1.71. The fourth-order valence-electron chi connectivity index (χ4n) is 4.62. The summed E-state index contributed by atoms with van der Waals surface area (Å²) in [5, 5.41) is 3.43. The number of piperidine rings is 1. The van der Waals surface area contributed by atoms with E-state index >= 15 is 0 Å². The van der Waals surface area contributed by atoms with E-state index in [9.17, 15) is 0 Å². The molecule has 0 amide bonds. The molecule has 0 aliphatic carbocycles. The second-order valence-electron chi connectivity index (χ2n) is 8.32. The van der Waals surface area contributed by atoms with Gasteiger partial charge in [0, 0.05) is 24.0 Å². The Morgan fingerprint density at radius 3 is 2.21 bits per heavy atom. The molecule has 146 valence electrons. The van der Waals surface area contributed by atoms with Gasteiger partial charge in [0.2, 0.25) is 0 Å². The van der Waals surface area contributed by atoms with Crippen LogP contribution < -0.4 is 4.90 Å². The minimum absolute atomic E-state index is 0.691. The molecule has 5 rings (SSSR count). The van der Waals surface area contributed by atoms with Crippen molar-refractivity contribution in [2.24, 2.45) is 11.8 Å². The lowest BCUT2D eigenvalue weighted by Gasteiger charge is -2.36. The molecular weight excluding hydrogens is 374 g/mol. The van der Waals surface area contributed by atoms with E-state index in [1.807, 2.05) is 0 Å². The predicted molar refractivity (Wildman–Crippen MR) is 123 cm³/mol. The first-order valence-corrected chi connectivity index (χ1v) is 11.2. The SMILES string of the molecule is CC1CC(C)CN(c2ncnc3scc(-c4ccc(-c5ccccc5)cc4)c23)C1. The Balaban J connectivity index is 1.56. The van der Waals surface area contributed by atoms with Crippen LogP contribution in [0.2, 0.25) is 0 Å². The van der Waals surface area contributed by atoms with Crippen molar-refractivity contribution in [3.8, 4) is 22.3 Å². The predicted octanol–water partition coefficient (Wildman–Crippen LogP) is 6.51. The minimum Gasteiger partial charge on any atom is -0.355 e. The highest BCUT2D eigenvalue weighted by Gasteiger charge is 2.25. The third-order valence-corrected chi connectivity index (χ3v) is 6.71. The molecule has 1 aliphatic heterocycles. The first-order chi connectivity index (χ1) is 14.2. The van der Waals surface area contributed by atoms with Gasteiger partial charge in [0.15, 0.2) is 0 Å². The number of hydrogen-bond donors (Lipinski definition) is 0. The van der Waals surface area contributed by atoms with Gasteiger partial charge >= 0.3 is 0 Å². The fraction of sp³-hybridized carbons (Fsp3) is 0.280. The highest BCUT2D eigenvalue weighted by atomic mass is 32.1. The highest BCUT2D eigenvalue weighted by molar-refractivity contribution is 7.17. The zero-order chi connectivity index (χ0) is 19.8. The van der Waals surface area contributed by atoms with Crippen LogP contribution in [0.1, 0.15) is 20.3 Å². The van der Waals surface area contributed by atoms with Crippen LogP contribution in [0.15, 0.2) is 66.3 Å². The molecule has 0 saturated carbocycles. The second-order valence-corrected chi connectivity index (χ2v) is 9.18. The summed E-state index contributed by atoms with van der Waals surface area (Å²) in [7, 11) is 0. The van der Waals surface area contributed by atoms with Crippen molar-refractivity contribution in [1.29, 1.82) is 0 Å². The molecule has 3 heterocycles. The standard InChI is InChI=1S/C25H25N3S/c1-17-12-18(2)14-28(13-17)24-23-22(15-29-25(23)27-16-26-24)21-10-8-20(9-11-21)19-6-4-3-5-7-19/h3-11,15-18H,12-14H2,1-2H3. The summed E-state index contributed by atoms with van der Waals surface area (Å²) in [6, 6.07) is 19.4. The van der Waals surface area contributed by atoms with Crippen LogP contribution in [-0.4, -0.2) is 23.1 Å². The molecule has 4 heteroatoms. The number of thiophene rings is 1. The normalized spacial score (nSPS) is 19.6. The smallest absolute Gasteiger partial charge is 0.141 e. The molecule has 2 atom stereocenters. The van der Waals surface area contributed by atoms with Crippen molar-refractivity contribution < 1.29 is 0 Å². The fourth-order valence-corrected chi connectivity index (χ4v) is 5.53. The zero-order valence-electron chi connectivity index (χ0n) is 16.9. The number of benzene rings is 2. The van der Waals surface area contributed by atoms with Gasteiger partial charge in [0.25, 0.3) is 0 Å². The van der Waals surface area contributed by atoms with E-state index in [4.69, 9.17) is 4.98 Å². The van der Waals surface area contributed by atoms with Crippen LogP contribution in [0.4, 0.5) is 5.82 Å². The average molecular weight is 400 g/mol. The van der Waals surface area contributed by atoms with E-state index in [2.05, 4.69) is 83.7 Å². The van der Waals surface area contributed by atoms with Gasteiger partial charge in [0.05, 0.1) is 5.39 Å². The third-order valence-electron chi connectivity index (χ3n) is 5.82. The Hall–Kier alpha value is -2.72. The van der Waals surface area contributed by atoms with Crippen LogP contribution >= 0.6 is 11.3 Å². The molecule has 4 aromatic rings. The molecular formula is C25H25N3S. The quantitative estimate of drug-likeness (QED) is 0.393.